The van der Waals surface area contributed by atoms with Gasteiger partial charge < -0.3 is 19.5 Å². The maximum absolute atomic E-state index is 13.4. The molecule has 5 rings (SSSR count). The lowest BCUT2D eigenvalue weighted by Gasteiger charge is -2.16. The zero-order valence-corrected chi connectivity index (χ0v) is 22.7. The van der Waals surface area contributed by atoms with Crippen LogP contribution in [0.2, 0.25) is 5.02 Å². The van der Waals surface area contributed by atoms with E-state index in [0.717, 1.165) is 40.4 Å². The molecular weight excluding hydrogens is 564 g/mol. The number of amides is 2. The van der Waals surface area contributed by atoms with Crippen LogP contribution in [0.5, 0.6) is 0 Å². The van der Waals surface area contributed by atoms with Gasteiger partial charge in [-0.3, -0.25) is 14.5 Å². The molecule has 36 heavy (non-hydrogen) atoms. The fourth-order valence-corrected chi connectivity index (χ4v) is 5.28. The van der Waals surface area contributed by atoms with Gasteiger partial charge in [-0.25, -0.2) is 0 Å². The molecule has 2 aromatic carbocycles. The van der Waals surface area contributed by atoms with E-state index in [0.29, 0.717) is 28.1 Å². The van der Waals surface area contributed by atoms with Crippen LogP contribution in [0.3, 0.4) is 0 Å². The molecule has 7 nitrogen and oxygen atoms in total. The van der Waals surface area contributed by atoms with E-state index in [1.807, 2.05) is 35.0 Å². The number of halogens is 2. The second-order valence-corrected chi connectivity index (χ2v) is 10.5. The Bertz CT molecular complexity index is 1380. The highest BCUT2D eigenvalue weighted by molar-refractivity contribution is 9.10. The number of aromatic nitrogens is 1. The van der Waals surface area contributed by atoms with Gasteiger partial charge in [-0.05, 0) is 73.6 Å². The Kier molecular flexibility index (Phi) is 7.16. The number of nitrogens with zero attached hydrogens (tertiary/aromatic N) is 3. The van der Waals surface area contributed by atoms with E-state index < -0.39 is 0 Å². The topological polar surface area (TPSA) is 66.8 Å². The Labute approximate surface area is 227 Å². The standard InChI is InChI=1S/C26H24BrClN4O3S/c1-30-23(25(34)32(26(30)36)19-7-5-18(28)6-8-19)11-16-14-31(22-9-4-17(27)12-21(16)22)15-24(33)29-13-20-3-2-10-35-20/h4-9,11-12,14,20H,2-3,10,13,15H2,1H3,(H,29,33)/b23-11-/t20-/m1/s1. The molecule has 1 aromatic heterocycles. The van der Waals surface area contributed by atoms with Gasteiger partial charge in [-0.15, -0.1) is 0 Å². The third-order valence-corrected chi connectivity index (χ3v) is 7.58. The van der Waals surface area contributed by atoms with Crippen LogP contribution in [0.1, 0.15) is 18.4 Å². The summed E-state index contributed by atoms with van der Waals surface area (Å²) in [7, 11) is 1.77. The Morgan fingerprint density at radius 1 is 1.28 bits per heavy atom. The first kappa shape index (κ1) is 25.0. The van der Waals surface area contributed by atoms with Gasteiger partial charge in [0.05, 0.1) is 11.8 Å². The van der Waals surface area contributed by atoms with Crippen molar-refractivity contribution in [2.45, 2.75) is 25.5 Å². The van der Waals surface area contributed by atoms with E-state index in [2.05, 4.69) is 21.2 Å². The van der Waals surface area contributed by atoms with Crippen molar-refractivity contribution in [2.24, 2.45) is 0 Å². The van der Waals surface area contributed by atoms with Gasteiger partial charge in [-0.2, -0.15) is 0 Å². The van der Waals surface area contributed by atoms with Gasteiger partial charge >= 0.3 is 0 Å². The molecule has 3 aromatic rings. The second-order valence-electron chi connectivity index (χ2n) is 8.80. The van der Waals surface area contributed by atoms with Crippen LogP contribution >= 0.6 is 39.7 Å². The molecular formula is C26H24BrClN4O3S. The Hall–Kier alpha value is -2.72. The minimum Gasteiger partial charge on any atom is -0.376 e. The van der Waals surface area contributed by atoms with Gasteiger partial charge in [-0.1, -0.05) is 27.5 Å². The van der Waals surface area contributed by atoms with E-state index in [-0.39, 0.29) is 24.5 Å². The first-order valence-corrected chi connectivity index (χ1v) is 13.2. The highest BCUT2D eigenvalue weighted by atomic mass is 79.9. The molecule has 10 heteroatoms. The fourth-order valence-electron chi connectivity index (χ4n) is 4.51. The van der Waals surface area contributed by atoms with Crippen LogP contribution in [0.25, 0.3) is 17.0 Å². The smallest absolute Gasteiger partial charge is 0.281 e. The molecule has 1 atom stereocenters. The van der Waals surface area contributed by atoms with Gasteiger partial charge in [0.2, 0.25) is 5.91 Å². The number of thiocarbonyl (C=S) groups is 1. The van der Waals surface area contributed by atoms with Crippen molar-refractivity contribution in [3.8, 4) is 0 Å². The Morgan fingerprint density at radius 3 is 2.78 bits per heavy atom. The quantitative estimate of drug-likeness (QED) is 0.326. The first-order valence-electron chi connectivity index (χ1n) is 11.6. The average molecular weight is 588 g/mol. The summed E-state index contributed by atoms with van der Waals surface area (Å²) in [6.07, 6.45) is 5.80. The van der Waals surface area contributed by atoms with E-state index in [1.165, 1.54) is 4.90 Å². The average Bonchev–Trinajstić information content (AvgIpc) is 3.54. The molecule has 0 aliphatic carbocycles. The predicted molar refractivity (Wildman–Crippen MR) is 149 cm³/mol. The molecule has 1 N–H and O–H groups in total. The van der Waals surface area contributed by atoms with Crippen LogP contribution in [-0.4, -0.2) is 52.7 Å². The van der Waals surface area contributed by atoms with Crippen molar-refractivity contribution >= 4 is 79.3 Å². The summed E-state index contributed by atoms with van der Waals surface area (Å²) in [6, 6.07) is 12.9. The third kappa shape index (κ3) is 4.93. The van der Waals surface area contributed by atoms with Crippen molar-refractivity contribution < 1.29 is 14.3 Å². The van der Waals surface area contributed by atoms with E-state index in [4.69, 9.17) is 28.6 Å². The number of benzene rings is 2. The minimum absolute atomic E-state index is 0.0861. The summed E-state index contributed by atoms with van der Waals surface area (Å²) in [5.41, 5.74) is 2.80. The van der Waals surface area contributed by atoms with E-state index >= 15 is 0 Å². The van der Waals surface area contributed by atoms with Gasteiger partial charge in [0.15, 0.2) is 5.11 Å². The number of fused-ring (bicyclic) bond motifs is 1. The summed E-state index contributed by atoms with van der Waals surface area (Å²) in [5, 5.41) is 4.86. The zero-order valence-electron chi connectivity index (χ0n) is 19.5. The van der Waals surface area contributed by atoms with Crippen molar-refractivity contribution in [1.29, 1.82) is 0 Å². The fraction of sp³-hybridized carbons (Fsp3) is 0.269. The number of hydrogen-bond acceptors (Lipinski definition) is 4. The van der Waals surface area contributed by atoms with Crippen molar-refractivity contribution in [3.05, 3.63) is 69.4 Å². The molecule has 186 valence electrons. The van der Waals surface area contributed by atoms with Gasteiger partial charge in [0.25, 0.3) is 5.91 Å². The number of ether oxygens (including phenoxy) is 1. The van der Waals surface area contributed by atoms with Crippen LogP contribution in [0.15, 0.2) is 58.8 Å². The highest BCUT2D eigenvalue weighted by Crippen LogP contribution is 2.32. The molecule has 2 amide bonds. The first-order chi connectivity index (χ1) is 17.3. The predicted octanol–water partition coefficient (Wildman–Crippen LogP) is 4.96. The number of likely N-dealkylation sites (N-methyl/N-ethyl adjacent to an activating group) is 1. The monoisotopic (exact) mass is 586 g/mol. The minimum atomic E-state index is -0.227. The van der Waals surface area contributed by atoms with Crippen molar-refractivity contribution in [2.75, 3.05) is 25.1 Å². The number of carbonyl (C=O) groups excluding carboxylic acids is 2. The van der Waals surface area contributed by atoms with Crippen molar-refractivity contribution in [1.82, 2.24) is 14.8 Å². The molecule has 0 radical (unpaired) electrons. The largest absolute Gasteiger partial charge is 0.376 e. The molecule has 0 unspecified atom stereocenters. The molecule has 0 bridgehead atoms. The molecule has 0 spiro atoms. The summed E-state index contributed by atoms with van der Waals surface area (Å²) < 4.78 is 8.40. The summed E-state index contributed by atoms with van der Waals surface area (Å²) in [5.74, 6) is -0.316. The molecule has 2 saturated heterocycles. The number of rotatable bonds is 6. The van der Waals surface area contributed by atoms with Crippen LogP contribution in [0.4, 0.5) is 5.69 Å². The lowest BCUT2D eigenvalue weighted by Crippen LogP contribution is -2.34. The number of nitrogens with one attached hydrogen (secondary N) is 1. The van der Waals surface area contributed by atoms with E-state index in [1.54, 1.807) is 36.2 Å². The Morgan fingerprint density at radius 2 is 2.06 bits per heavy atom. The molecule has 2 fully saturated rings. The van der Waals surface area contributed by atoms with Crippen LogP contribution < -0.4 is 10.2 Å². The zero-order chi connectivity index (χ0) is 25.4. The summed E-state index contributed by atoms with van der Waals surface area (Å²) in [6.45, 7) is 1.42. The number of carbonyl (C=O) groups is 2. The lowest BCUT2D eigenvalue weighted by molar-refractivity contribution is -0.122. The Balaban J connectivity index is 1.44. The van der Waals surface area contributed by atoms with Gasteiger partial charge in [0, 0.05) is 52.4 Å². The summed E-state index contributed by atoms with van der Waals surface area (Å²) >= 11 is 15.1. The molecule has 3 heterocycles. The molecule has 2 aliphatic rings. The highest BCUT2D eigenvalue weighted by Gasteiger charge is 2.37. The lowest BCUT2D eigenvalue weighted by atomic mass is 10.1. The molecule has 2 aliphatic heterocycles. The summed E-state index contributed by atoms with van der Waals surface area (Å²) in [4.78, 5) is 29.3. The maximum atomic E-state index is 13.4. The molecule has 0 saturated carbocycles. The SMILES string of the molecule is CN1C(=S)N(c2ccc(Cl)cc2)C(=O)/C1=C/c1cn(CC(=O)NC[C@H]2CCCO2)c2ccc(Br)cc12. The van der Waals surface area contributed by atoms with Gasteiger partial charge in [0.1, 0.15) is 12.2 Å². The van der Waals surface area contributed by atoms with Crippen molar-refractivity contribution in [3.63, 3.8) is 0 Å². The van der Waals surface area contributed by atoms with E-state index in [9.17, 15) is 9.59 Å². The third-order valence-electron chi connectivity index (χ3n) is 6.38. The maximum Gasteiger partial charge on any atom is 0.281 e. The number of hydrogen-bond donors (Lipinski definition) is 1. The van der Waals surface area contributed by atoms with Crippen LogP contribution in [-0.2, 0) is 20.9 Å². The second kappa shape index (κ2) is 10.3. The normalized spacial score (nSPS) is 19.2. The van der Waals surface area contributed by atoms with Crippen LogP contribution in [0, 0.1) is 0 Å². The number of anilines is 1.